The van der Waals surface area contributed by atoms with Crippen LogP contribution in [0.25, 0.3) is 10.9 Å². The molecule has 5 aromatic rings. The number of carboxylic acids is 1. The summed E-state index contributed by atoms with van der Waals surface area (Å²) in [6, 6.07) is 23.4. The molecule has 18 N–H and O–H groups in total. The highest BCUT2D eigenvalue weighted by atomic mass is 16.4. The van der Waals surface area contributed by atoms with Gasteiger partial charge in [-0.05, 0) is 92.0 Å². The number of para-hydroxylation sites is 1. The molecule has 2 fully saturated rings. The molecule has 26 heteroatoms. The first-order chi connectivity index (χ1) is 44.2. The van der Waals surface area contributed by atoms with Crippen molar-refractivity contribution in [1.82, 2.24) is 46.7 Å². The van der Waals surface area contributed by atoms with Crippen molar-refractivity contribution in [2.45, 2.75) is 152 Å². The minimum absolute atomic E-state index is 0.00711. The molecule has 2 aliphatic rings. The SMILES string of the molecule is CC[C@H](C)[C@H](NC(=O)[C@@H](N)Cc1c[nH]c2ccccc12)C(=O)N[C@@H](CCCN=C(N)N)C(=O)N[C@@H](CCCN=C(N)N)C(=O)N1CCC[C@H]1C(=O)N[C@@H](Cc1ccccc1)C(=O)N[C@@H](Cc1ccccc1)C(=O)N1CCC[C@H]1C(=O)N[C@@H](Cc1ccccc1)C(=O)O. The smallest absolute Gasteiger partial charge is 0.326 e. The van der Waals surface area contributed by atoms with E-state index in [1.807, 2.05) is 31.2 Å². The Hall–Kier alpha value is -9.85. The van der Waals surface area contributed by atoms with E-state index in [4.69, 9.17) is 28.7 Å². The fourth-order valence-corrected chi connectivity index (χ4v) is 11.6. The van der Waals surface area contributed by atoms with E-state index >= 15 is 4.79 Å². The van der Waals surface area contributed by atoms with Gasteiger partial charge in [-0.1, -0.05) is 129 Å². The lowest BCUT2D eigenvalue weighted by molar-refractivity contribution is -0.145. The number of benzene rings is 4. The normalized spacial score (nSPS) is 17.1. The van der Waals surface area contributed by atoms with E-state index in [1.165, 1.54) is 9.80 Å². The third-order valence-corrected chi connectivity index (χ3v) is 16.8. The molecule has 492 valence electrons. The van der Waals surface area contributed by atoms with Crippen LogP contribution in [0.1, 0.15) is 93.9 Å². The van der Waals surface area contributed by atoms with Crippen LogP contribution in [0, 0.1) is 5.92 Å². The van der Waals surface area contributed by atoms with E-state index < -0.39 is 114 Å². The number of H-pyrrole nitrogens is 1. The molecule has 0 saturated carbocycles. The van der Waals surface area contributed by atoms with Crippen molar-refractivity contribution >= 4 is 76.0 Å². The van der Waals surface area contributed by atoms with Gasteiger partial charge >= 0.3 is 5.97 Å². The Morgan fingerprint density at radius 1 is 0.543 bits per heavy atom. The number of likely N-dealkylation sites (tertiary alicyclic amines) is 2. The molecule has 0 aliphatic carbocycles. The van der Waals surface area contributed by atoms with Gasteiger partial charge in [0.2, 0.25) is 47.3 Å². The number of aliphatic carboxylic acids is 1. The van der Waals surface area contributed by atoms with Gasteiger partial charge in [0.05, 0.1) is 6.04 Å². The lowest BCUT2D eigenvalue weighted by atomic mass is 9.96. The predicted octanol–water partition coefficient (Wildman–Crippen LogP) is 0.894. The van der Waals surface area contributed by atoms with Crippen LogP contribution in [0.15, 0.2) is 131 Å². The average Bonchev–Trinajstić information content (AvgIpc) is 1.73. The van der Waals surface area contributed by atoms with Crippen LogP contribution >= 0.6 is 0 Å². The number of hydrogen-bond acceptors (Lipinski definition) is 12. The Kier molecular flexibility index (Phi) is 26.0. The molecule has 0 radical (unpaired) electrons. The molecule has 8 amide bonds. The van der Waals surface area contributed by atoms with E-state index in [0.717, 1.165) is 16.5 Å². The topological polar surface area (TPSA) is 423 Å². The summed E-state index contributed by atoms with van der Waals surface area (Å²) in [6.07, 6.45) is 3.91. The molecule has 4 aromatic carbocycles. The molecule has 2 aliphatic heterocycles. The van der Waals surface area contributed by atoms with Crippen molar-refractivity contribution in [2.75, 3.05) is 26.2 Å². The first-order valence-corrected chi connectivity index (χ1v) is 31.4. The van der Waals surface area contributed by atoms with Gasteiger partial charge in [-0.3, -0.25) is 48.3 Å². The Morgan fingerprint density at radius 2 is 0.989 bits per heavy atom. The second-order valence-corrected chi connectivity index (χ2v) is 23.5. The van der Waals surface area contributed by atoms with E-state index in [0.29, 0.717) is 36.0 Å². The standard InChI is InChI=1S/C66H88N16O10/c1-3-40(2)55(80-56(83)46(67)38-44-39-74-47-26-14-13-25-45(44)47)61(88)75-48(27-15-31-72-65(68)69)57(84)76-49(28-16-32-73-66(70)71)62(89)81-33-17-29-53(81)59(86)77-50(35-41-19-7-4-8-20-41)58(85)78-51(36-42-21-9-5-10-22-42)63(90)82-34-18-30-54(82)60(87)79-52(64(91)92)37-43-23-11-6-12-24-43/h4-14,19-26,39-40,46,48-55,74H,3,15-18,27-38,67H2,1-2H3,(H,75,88)(H,76,84)(H,77,86)(H,78,85)(H,79,87)(H,80,83)(H,91,92)(H4,68,69,72)(H4,70,71,73)/t40-,46-,48-,49-,50-,51-,52-,53-,54-,55-/m0/s1. The van der Waals surface area contributed by atoms with E-state index in [9.17, 15) is 43.5 Å². The Balaban J connectivity index is 1.10. The summed E-state index contributed by atoms with van der Waals surface area (Å²) >= 11 is 0. The number of hydrogen-bond donors (Lipinski definition) is 13. The summed E-state index contributed by atoms with van der Waals surface area (Å²) in [5.74, 6) is -7.39. The summed E-state index contributed by atoms with van der Waals surface area (Å²) in [5.41, 5.74) is 32.7. The van der Waals surface area contributed by atoms with E-state index in [-0.39, 0.29) is 102 Å². The van der Waals surface area contributed by atoms with Crippen molar-refractivity contribution in [1.29, 1.82) is 0 Å². The van der Waals surface area contributed by atoms with Crippen LogP contribution in [-0.2, 0) is 68.8 Å². The zero-order valence-corrected chi connectivity index (χ0v) is 52.1. The Morgan fingerprint density at radius 3 is 1.51 bits per heavy atom. The number of carboxylic acid groups (broad SMARTS) is 1. The second-order valence-electron chi connectivity index (χ2n) is 23.5. The summed E-state index contributed by atoms with van der Waals surface area (Å²) in [4.78, 5) is 143. The second kappa shape index (κ2) is 34.4. The molecule has 3 heterocycles. The van der Waals surface area contributed by atoms with Crippen molar-refractivity contribution in [3.8, 4) is 0 Å². The number of guanidine groups is 2. The van der Waals surface area contributed by atoms with Crippen molar-refractivity contribution in [3.05, 3.63) is 144 Å². The molecular formula is C66H88N16O10. The highest BCUT2D eigenvalue weighted by Crippen LogP contribution is 2.24. The first-order valence-electron chi connectivity index (χ1n) is 31.4. The van der Waals surface area contributed by atoms with Gasteiger partial charge in [-0.25, -0.2) is 4.79 Å². The monoisotopic (exact) mass is 1260 g/mol. The fraction of sp³-hybridized carbons (Fsp3) is 0.439. The molecule has 7 rings (SSSR count). The molecule has 2 saturated heterocycles. The highest BCUT2D eigenvalue weighted by Gasteiger charge is 2.43. The van der Waals surface area contributed by atoms with Crippen LogP contribution in [0.3, 0.4) is 0 Å². The summed E-state index contributed by atoms with van der Waals surface area (Å²) in [5, 5.41) is 28.0. The van der Waals surface area contributed by atoms with Crippen LogP contribution in [-0.4, -0.2) is 166 Å². The number of fused-ring (bicyclic) bond motifs is 1. The number of carbonyl (C=O) groups excluding carboxylic acids is 8. The van der Waals surface area contributed by atoms with Gasteiger partial charge in [0.15, 0.2) is 11.9 Å². The third-order valence-electron chi connectivity index (χ3n) is 16.8. The summed E-state index contributed by atoms with van der Waals surface area (Å²) in [6.45, 7) is 4.01. The number of rotatable bonds is 33. The van der Waals surface area contributed by atoms with Crippen molar-refractivity contribution in [2.24, 2.45) is 44.6 Å². The number of amides is 8. The largest absolute Gasteiger partial charge is 0.480 e. The number of aromatic nitrogens is 1. The lowest BCUT2D eigenvalue weighted by Gasteiger charge is -2.32. The maximum Gasteiger partial charge on any atom is 0.326 e. The minimum atomic E-state index is -1.32. The zero-order valence-electron chi connectivity index (χ0n) is 52.1. The molecule has 92 heavy (non-hydrogen) atoms. The van der Waals surface area contributed by atoms with Crippen LogP contribution in [0.4, 0.5) is 0 Å². The number of carbonyl (C=O) groups is 9. The maximum absolute atomic E-state index is 15.1. The predicted molar refractivity (Wildman–Crippen MR) is 348 cm³/mol. The molecule has 26 nitrogen and oxygen atoms in total. The first kappa shape index (κ1) is 69.6. The van der Waals surface area contributed by atoms with Crippen molar-refractivity contribution in [3.63, 3.8) is 0 Å². The highest BCUT2D eigenvalue weighted by molar-refractivity contribution is 5.99. The fourth-order valence-electron chi connectivity index (χ4n) is 11.6. The summed E-state index contributed by atoms with van der Waals surface area (Å²) in [7, 11) is 0. The number of nitrogens with zero attached hydrogens (tertiary/aromatic N) is 4. The van der Waals surface area contributed by atoms with Gasteiger partial charge in [-0.15, -0.1) is 0 Å². The lowest BCUT2D eigenvalue weighted by Crippen LogP contribution is -2.61. The summed E-state index contributed by atoms with van der Waals surface area (Å²) < 4.78 is 0. The van der Waals surface area contributed by atoms with Gasteiger partial charge in [0.25, 0.3) is 0 Å². The van der Waals surface area contributed by atoms with Crippen LogP contribution in [0.2, 0.25) is 0 Å². The molecule has 1 aromatic heterocycles. The Labute approximate surface area is 535 Å². The minimum Gasteiger partial charge on any atom is -0.480 e. The molecule has 10 atom stereocenters. The third kappa shape index (κ3) is 20.1. The van der Waals surface area contributed by atoms with E-state index in [1.54, 1.807) is 104 Å². The molecular weight excluding hydrogens is 1180 g/mol. The van der Waals surface area contributed by atoms with Gasteiger partial charge < -0.3 is 80.5 Å². The quantitative estimate of drug-likeness (QED) is 0.0158. The van der Waals surface area contributed by atoms with Crippen LogP contribution in [0.5, 0.6) is 0 Å². The number of aromatic amines is 1. The van der Waals surface area contributed by atoms with Crippen molar-refractivity contribution < 1.29 is 48.3 Å². The molecule has 0 unspecified atom stereocenters. The number of aliphatic imine (C=N–C) groups is 2. The zero-order chi connectivity index (χ0) is 66.3. The molecule has 0 bridgehead atoms. The molecule has 0 spiro atoms. The van der Waals surface area contributed by atoms with Gasteiger partial charge in [0, 0.05) is 62.5 Å². The van der Waals surface area contributed by atoms with Gasteiger partial charge in [0.1, 0.15) is 48.3 Å². The average molecular weight is 1270 g/mol. The Bertz CT molecular complexity index is 3380. The number of nitrogens with two attached hydrogens (primary N) is 5. The van der Waals surface area contributed by atoms with E-state index in [2.05, 4.69) is 46.9 Å². The number of nitrogens with one attached hydrogen (secondary N) is 7. The maximum atomic E-state index is 15.1. The van der Waals surface area contributed by atoms with Gasteiger partial charge in [-0.2, -0.15) is 0 Å². The van der Waals surface area contributed by atoms with Crippen LogP contribution < -0.4 is 60.6 Å².